The van der Waals surface area contributed by atoms with Gasteiger partial charge in [-0.1, -0.05) is 37.3 Å². The Morgan fingerprint density at radius 1 is 1.03 bits per heavy atom. The third kappa shape index (κ3) is 5.07. The second kappa shape index (κ2) is 10.7. The van der Waals surface area contributed by atoms with Crippen LogP contribution in [0.2, 0.25) is 0 Å². The van der Waals surface area contributed by atoms with Crippen LogP contribution in [-0.4, -0.2) is 44.4 Å². The molecule has 0 spiro atoms. The Morgan fingerprint density at radius 2 is 1.68 bits per heavy atom. The Hall–Kier alpha value is -3.39. The predicted molar refractivity (Wildman–Crippen MR) is 129 cm³/mol. The fourth-order valence-corrected chi connectivity index (χ4v) is 5.62. The van der Waals surface area contributed by atoms with Crippen molar-refractivity contribution in [3.8, 4) is 5.75 Å². The van der Waals surface area contributed by atoms with Gasteiger partial charge in [0, 0.05) is 17.6 Å². The van der Waals surface area contributed by atoms with Crippen molar-refractivity contribution in [2.45, 2.75) is 44.6 Å². The van der Waals surface area contributed by atoms with Crippen molar-refractivity contribution >= 4 is 21.9 Å². The zero-order valence-electron chi connectivity index (χ0n) is 19.8. The molecule has 0 fully saturated rings. The van der Waals surface area contributed by atoms with Gasteiger partial charge >= 0.3 is 5.97 Å². The van der Waals surface area contributed by atoms with Gasteiger partial charge in [0.05, 0.1) is 24.7 Å². The Bertz CT molecular complexity index is 1210. The quantitative estimate of drug-likeness (QED) is 0.416. The van der Waals surface area contributed by atoms with Crippen molar-refractivity contribution < 1.29 is 27.5 Å². The van der Waals surface area contributed by atoms with Crippen LogP contribution >= 0.6 is 0 Å². The summed E-state index contributed by atoms with van der Waals surface area (Å²) in [6.45, 7) is 5.23. The van der Waals surface area contributed by atoms with Gasteiger partial charge in [-0.2, -0.15) is 0 Å². The second-order valence-corrected chi connectivity index (χ2v) is 9.66. The smallest absolute Gasteiger partial charge is 0.334 e. The fourth-order valence-electron chi connectivity index (χ4n) is 3.96. The van der Waals surface area contributed by atoms with E-state index in [1.807, 2.05) is 30.3 Å². The van der Waals surface area contributed by atoms with E-state index >= 15 is 0 Å². The number of ether oxygens (including phenoxy) is 2. The van der Waals surface area contributed by atoms with Gasteiger partial charge in [-0.3, -0.25) is 4.79 Å². The molecule has 2 aromatic rings. The zero-order valence-corrected chi connectivity index (χ0v) is 20.6. The van der Waals surface area contributed by atoms with Gasteiger partial charge in [-0.05, 0) is 61.7 Å². The van der Waals surface area contributed by atoms with Crippen molar-refractivity contribution in [2.24, 2.45) is 0 Å². The average Bonchev–Trinajstić information content (AvgIpc) is 2.84. The van der Waals surface area contributed by atoms with E-state index in [-0.39, 0.29) is 29.9 Å². The maximum atomic E-state index is 13.6. The fraction of sp³-hybridized carbons (Fsp3) is 0.308. The molecule has 0 saturated heterocycles. The van der Waals surface area contributed by atoms with Crippen LogP contribution in [0.25, 0.3) is 0 Å². The lowest BCUT2D eigenvalue weighted by Crippen LogP contribution is -2.48. The first kappa shape index (κ1) is 25.2. The molecule has 34 heavy (non-hydrogen) atoms. The molecule has 7 nitrogen and oxygen atoms in total. The lowest BCUT2D eigenvalue weighted by Gasteiger charge is -2.36. The minimum Gasteiger partial charge on any atom is -0.497 e. The Kier molecular flexibility index (Phi) is 7.94. The van der Waals surface area contributed by atoms with Gasteiger partial charge in [0.25, 0.3) is 15.9 Å². The Labute approximate surface area is 200 Å². The van der Waals surface area contributed by atoms with Gasteiger partial charge in [0.15, 0.2) is 0 Å². The Morgan fingerprint density at radius 3 is 2.24 bits per heavy atom. The molecule has 1 aliphatic heterocycles. The summed E-state index contributed by atoms with van der Waals surface area (Å²) in [6, 6.07) is 14.4. The molecule has 0 bridgehead atoms. The summed E-state index contributed by atoms with van der Waals surface area (Å²) < 4.78 is 38.6. The van der Waals surface area contributed by atoms with Gasteiger partial charge in [0.2, 0.25) is 0 Å². The van der Waals surface area contributed by atoms with Gasteiger partial charge in [-0.15, -0.1) is 0 Å². The largest absolute Gasteiger partial charge is 0.497 e. The molecule has 2 aromatic carbocycles. The SMILES string of the molecule is CCOC(=O)/C(Cc1ccccc1)=C1/C=C(C)C(=O)N(S(=O)(=O)c2ccc(OC)cc2)C1CC. The molecule has 180 valence electrons. The molecule has 1 amide bonds. The van der Waals surface area contributed by atoms with Crippen molar-refractivity contribution in [3.05, 3.63) is 83.0 Å². The highest BCUT2D eigenvalue weighted by Crippen LogP contribution is 2.34. The van der Waals surface area contributed by atoms with Crippen molar-refractivity contribution in [1.29, 1.82) is 0 Å². The average molecular weight is 484 g/mol. The van der Waals surface area contributed by atoms with E-state index < -0.39 is 27.9 Å². The highest BCUT2D eigenvalue weighted by Gasteiger charge is 2.41. The van der Waals surface area contributed by atoms with E-state index in [0.29, 0.717) is 16.9 Å². The van der Waals surface area contributed by atoms with Crippen LogP contribution in [0.1, 0.15) is 32.8 Å². The molecular formula is C26H29NO6S. The molecule has 0 aromatic heterocycles. The van der Waals surface area contributed by atoms with Crippen molar-refractivity contribution in [1.82, 2.24) is 4.31 Å². The van der Waals surface area contributed by atoms with Crippen LogP contribution in [0.15, 0.2) is 82.3 Å². The van der Waals surface area contributed by atoms with Crippen molar-refractivity contribution in [3.63, 3.8) is 0 Å². The van der Waals surface area contributed by atoms with Gasteiger partial charge < -0.3 is 9.47 Å². The molecule has 1 unspecified atom stereocenters. The van der Waals surface area contributed by atoms with Crippen LogP contribution in [0.4, 0.5) is 0 Å². The first-order valence-corrected chi connectivity index (χ1v) is 12.5. The number of amides is 1. The number of benzene rings is 2. The first-order valence-electron chi connectivity index (χ1n) is 11.1. The van der Waals surface area contributed by atoms with Crippen LogP contribution in [0.3, 0.4) is 0 Å². The lowest BCUT2D eigenvalue weighted by molar-refractivity contribution is -0.138. The van der Waals surface area contributed by atoms with Crippen LogP contribution < -0.4 is 4.74 Å². The molecule has 1 aliphatic rings. The van der Waals surface area contributed by atoms with Crippen LogP contribution in [-0.2, 0) is 30.8 Å². The number of esters is 1. The monoisotopic (exact) mass is 483 g/mol. The third-order valence-electron chi connectivity index (χ3n) is 5.65. The summed E-state index contributed by atoms with van der Waals surface area (Å²) in [7, 11) is -2.72. The maximum absolute atomic E-state index is 13.6. The molecule has 8 heteroatoms. The molecule has 0 saturated carbocycles. The van der Waals surface area contributed by atoms with E-state index in [2.05, 4.69) is 0 Å². The molecule has 1 atom stereocenters. The molecule has 3 rings (SSSR count). The minimum absolute atomic E-state index is 0.0325. The molecule has 0 N–H and O–H groups in total. The molecule has 0 radical (unpaired) electrons. The third-order valence-corrected chi connectivity index (χ3v) is 7.45. The summed E-state index contributed by atoms with van der Waals surface area (Å²) >= 11 is 0. The second-order valence-electron chi connectivity index (χ2n) is 7.85. The van der Waals surface area contributed by atoms with E-state index in [1.165, 1.54) is 31.4 Å². The number of sulfonamides is 1. The summed E-state index contributed by atoms with van der Waals surface area (Å²) in [5, 5.41) is 0. The van der Waals surface area contributed by atoms with E-state index in [1.54, 1.807) is 26.8 Å². The van der Waals surface area contributed by atoms with E-state index in [9.17, 15) is 18.0 Å². The zero-order chi connectivity index (χ0) is 24.9. The summed E-state index contributed by atoms with van der Waals surface area (Å²) in [5.74, 6) is -0.644. The number of nitrogens with zero attached hydrogens (tertiary/aromatic N) is 1. The summed E-state index contributed by atoms with van der Waals surface area (Å²) in [4.78, 5) is 26.2. The van der Waals surface area contributed by atoms with E-state index in [4.69, 9.17) is 9.47 Å². The normalized spacial score (nSPS) is 17.8. The number of carbonyl (C=O) groups is 2. The van der Waals surface area contributed by atoms with Gasteiger partial charge in [0.1, 0.15) is 5.75 Å². The number of hydrogen-bond donors (Lipinski definition) is 0. The Balaban J connectivity index is 2.18. The lowest BCUT2D eigenvalue weighted by atomic mass is 9.90. The number of rotatable bonds is 8. The van der Waals surface area contributed by atoms with Crippen molar-refractivity contribution in [2.75, 3.05) is 13.7 Å². The number of carbonyl (C=O) groups excluding carboxylic acids is 2. The topological polar surface area (TPSA) is 90.0 Å². The number of hydrogen-bond acceptors (Lipinski definition) is 6. The van der Waals surface area contributed by atoms with E-state index in [0.717, 1.165) is 9.87 Å². The predicted octanol–water partition coefficient (Wildman–Crippen LogP) is 4.05. The molecular weight excluding hydrogens is 454 g/mol. The summed E-state index contributed by atoms with van der Waals surface area (Å²) in [6.07, 6.45) is 2.16. The van der Waals surface area contributed by atoms with Gasteiger partial charge in [-0.25, -0.2) is 17.5 Å². The first-order chi connectivity index (χ1) is 16.2. The molecule has 0 aliphatic carbocycles. The van der Waals surface area contributed by atoms with Crippen LogP contribution in [0, 0.1) is 0 Å². The maximum Gasteiger partial charge on any atom is 0.334 e. The molecule has 1 heterocycles. The minimum atomic E-state index is -4.21. The standard InChI is InChI=1S/C26H29NO6S/c1-5-24-22(23(26(29)33-6-2)17-19-10-8-7-9-11-19)16-18(3)25(28)27(24)34(30,31)21-14-12-20(32-4)13-15-21/h7-16,24H,5-6,17H2,1-4H3/b23-22-. The van der Waals surface area contributed by atoms with Crippen LogP contribution in [0.5, 0.6) is 5.75 Å². The number of methoxy groups -OCH3 is 1. The summed E-state index contributed by atoms with van der Waals surface area (Å²) in [5.41, 5.74) is 1.91. The highest BCUT2D eigenvalue weighted by atomic mass is 32.2. The highest BCUT2D eigenvalue weighted by molar-refractivity contribution is 7.89.